The van der Waals surface area contributed by atoms with Gasteiger partial charge in [-0.15, -0.1) is 0 Å². The summed E-state index contributed by atoms with van der Waals surface area (Å²) in [7, 11) is 1.69. The number of carbonyl (C=O) groups is 1. The van der Waals surface area contributed by atoms with Gasteiger partial charge in [0.05, 0.1) is 19.3 Å². The summed E-state index contributed by atoms with van der Waals surface area (Å²) < 4.78 is 10.8. The Hall–Kier alpha value is -2.73. The molecular weight excluding hydrogens is 366 g/mol. The number of hydrogen-bond donors (Lipinski definition) is 1. The van der Waals surface area contributed by atoms with Crippen LogP contribution >= 0.6 is 0 Å². The van der Waals surface area contributed by atoms with Crippen LogP contribution in [0.3, 0.4) is 0 Å². The van der Waals surface area contributed by atoms with Crippen molar-refractivity contribution in [1.82, 2.24) is 10.2 Å². The molecule has 0 saturated carbocycles. The molecule has 1 aliphatic rings. The monoisotopic (exact) mass is 397 g/mol. The number of methoxy groups -OCH3 is 1. The highest BCUT2D eigenvalue weighted by molar-refractivity contribution is 5.96. The van der Waals surface area contributed by atoms with E-state index in [-0.39, 0.29) is 5.91 Å². The van der Waals surface area contributed by atoms with E-state index in [0.717, 1.165) is 44.9 Å². The summed E-state index contributed by atoms with van der Waals surface area (Å²) in [4.78, 5) is 17.3. The first-order valence-electron chi connectivity index (χ1n) is 10.3. The predicted octanol–water partition coefficient (Wildman–Crippen LogP) is 3.04. The number of nitrogens with one attached hydrogen (secondary N) is 1. The normalized spacial score (nSPS) is 14.5. The molecule has 0 aromatic heterocycles. The summed E-state index contributed by atoms with van der Waals surface area (Å²) in [5.41, 5.74) is 1.84. The molecule has 0 spiro atoms. The van der Waals surface area contributed by atoms with E-state index in [1.165, 1.54) is 5.69 Å². The van der Waals surface area contributed by atoms with E-state index in [1.54, 1.807) is 13.2 Å². The van der Waals surface area contributed by atoms with Gasteiger partial charge in [-0.3, -0.25) is 9.69 Å². The van der Waals surface area contributed by atoms with Gasteiger partial charge >= 0.3 is 0 Å². The Morgan fingerprint density at radius 3 is 2.45 bits per heavy atom. The van der Waals surface area contributed by atoms with Crippen molar-refractivity contribution in [1.29, 1.82) is 0 Å². The molecule has 0 radical (unpaired) electrons. The van der Waals surface area contributed by atoms with E-state index in [4.69, 9.17) is 9.47 Å². The molecule has 0 atom stereocenters. The van der Waals surface area contributed by atoms with Crippen LogP contribution in [0.4, 0.5) is 5.69 Å². The summed E-state index contributed by atoms with van der Waals surface area (Å²) in [6, 6.07) is 15.6. The molecule has 0 unspecified atom stereocenters. The average molecular weight is 398 g/mol. The van der Waals surface area contributed by atoms with E-state index in [0.29, 0.717) is 24.5 Å². The van der Waals surface area contributed by atoms with Gasteiger partial charge in [0.1, 0.15) is 11.5 Å². The van der Waals surface area contributed by atoms with Crippen LogP contribution in [-0.2, 0) is 0 Å². The first-order chi connectivity index (χ1) is 14.2. The topological polar surface area (TPSA) is 54.0 Å². The number of benzene rings is 2. The number of rotatable bonds is 9. The van der Waals surface area contributed by atoms with Crippen molar-refractivity contribution in [3.05, 3.63) is 54.1 Å². The number of carbonyl (C=O) groups excluding carboxylic acids is 1. The van der Waals surface area contributed by atoms with Gasteiger partial charge in [0.15, 0.2) is 0 Å². The molecule has 2 aromatic carbocycles. The fraction of sp³-hybridized carbons (Fsp3) is 0.435. The van der Waals surface area contributed by atoms with E-state index in [9.17, 15) is 4.79 Å². The summed E-state index contributed by atoms with van der Waals surface area (Å²) in [5, 5.41) is 3.01. The van der Waals surface area contributed by atoms with Crippen LogP contribution < -0.4 is 19.7 Å². The van der Waals surface area contributed by atoms with Gasteiger partial charge in [-0.05, 0) is 56.3 Å². The van der Waals surface area contributed by atoms with Crippen molar-refractivity contribution in [2.45, 2.75) is 13.3 Å². The Bertz CT molecular complexity index is 771. The second-order valence-electron chi connectivity index (χ2n) is 7.07. The molecule has 1 heterocycles. The molecule has 3 rings (SSSR count). The molecule has 1 aliphatic heterocycles. The fourth-order valence-electron chi connectivity index (χ4n) is 3.56. The highest BCUT2D eigenvalue weighted by atomic mass is 16.5. The predicted molar refractivity (Wildman–Crippen MR) is 116 cm³/mol. The lowest BCUT2D eigenvalue weighted by molar-refractivity contribution is 0.0947. The highest BCUT2D eigenvalue weighted by Crippen LogP contribution is 2.20. The summed E-state index contributed by atoms with van der Waals surface area (Å²) in [6.45, 7) is 8.22. The quantitative estimate of drug-likeness (QED) is 0.659. The second kappa shape index (κ2) is 10.7. The lowest BCUT2D eigenvalue weighted by Gasteiger charge is -2.36. The Labute approximate surface area is 173 Å². The van der Waals surface area contributed by atoms with Crippen molar-refractivity contribution in [3.63, 3.8) is 0 Å². The van der Waals surface area contributed by atoms with Crippen molar-refractivity contribution in [2.24, 2.45) is 0 Å². The van der Waals surface area contributed by atoms with Crippen molar-refractivity contribution in [2.75, 3.05) is 57.9 Å². The van der Waals surface area contributed by atoms with E-state index >= 15 is 0 Å². The Morgan fingerprint density at radius 1 is 1.03 bits per heavy atom. The molecule has 1 N–H and O–H groups in total. The standard InChI is InChI=1S/C23H31N3O3/c1-3-29-22-8-5-4-7-21(22)23(27)24-13-6-14-25-15-17-26(18-16-25)19-9-11-20(28-2)12-10-19/h4-5,7-12H,3,6,13-18H2,1-2H3,(H,24,27). The maximum atomic E-state index is 12.4. The first kappa shape index (κ1) is 21.0. The lowest BCUT2D eigenvalue weighted by Crippen LogP contribution is -2.47. The summed E-state index contributed by atoms with van der Waals surface area (Å²) in [6.07, 6.45) is 0.936. The van der Waals surface area contributed by atoms with Crippen LogP contribution in [0.25, 0.3) is 0 Å². The SMILES string of the molecule is CCOc1ccccc1C(=O)NCCCN1CCN(c2ccc(OC)cc2)CC1. The van der Waals surface area contributed by atoms with Gasteiger partial charge in [-0.2, -0.15) is 0 Å². The third-order valence-corrected chi connectivity index (χ3v) is 5.18. The number of nitrogens with zero attached hydrogens (tertiary/aromatic N) is 2. The van der Waals surface area contributed by atoms with Gasteiger partial charge in [-0.1, -0.05) is 12.1 Å². The number of piperazine rings is 1. The molecule has 156 valence electrons. The Morgan fingerprint density at radius 2 is 1.76 bits per heavy atom. The Balaban J connectivity index is 1.37. The van der Waals surface area contributed by atoms with E-state index < -0.39 is 0 Å². The molecule has 6 heteroatoms. The molecule has 1 amide bonds. The largest absolute Gasteiger partial charge is 0.497 e. The third kappa shape index (κ3) is 5.87. The third-order valence-electron chi connectivity index (χ3n) is 5.18. The smallest absolute Gasteiger partial charge is 0.255 e. The molecule has 1 fully saturated rings. The van der Waals surface area contributed by atoms with Crippen LogP contribution in [0.15, 0.2) is 48.5 Å². The van der Waals surface area contributed by atoms with Crippen LogP contribution in [-0.4, -0.2) is 63.8 Å². The molecule has 29 heavy (non-hydrogen) atoms. The van der Waals surface area contributed by atoms with Crippen molar-refractivity contribution >= 4 is 11.6 Å². The number of amides is 1. The minimum atomic E-state index is -0.0709. The molecule has 1 saturated heterocycles. The van der Waals surface area contributed by atoms with Gasteiger partial charge in [-0.25, -0.2) is 0 Å². The van der Waals surface area contributed by atoms with Crippen molar-refractivity contribution in [3.8, 4) is 11.5 Å². The van der Waals surface area contributed by atoms with E-state index in [1.807, 2.05) is 37.3 Å². The molecule has 0 bridgehead atoms. The zero-order valence-corrected chi connectivity index (χ0v) is 17.4. The zero-order chi connectivity index (χ0) is 20.5. The van der Waals surface area contributed by atoms with Gasteiger partial charge < -0.3 is 19.7 Å². The minimum Gasteiger partial charge on any atom is -0.497 e. The molecule has 0 aliphatic carbocycles. The number of anilines is 1. The summed E-state index contributed by atoms with van der Waals surface area (Å²) >= 11 is 0. The average Bonchev–Trinajstić information content (AvgIpc) is 2.78. The minimum absolute atomic E-state index is 0.0709. The summed E-state index contributed by atoms with van der Waals surface area (Å²) in [5.74, 6) is 1.46. The number of ether oxygens (including phenoxy) is 2. The molecule has 6 nitrogen and oxygen atoms in total. The zero-order valence-electron chi connectivity index (χ0n) is 17.4. The molecular formula is C23H31N3O3. The number of hydrogen-bond acceptors (Lipinski definition) is 5. The second-order valence-corrected chi connectivity index (χ2v) is 7.07. The van der Waals surface area contributed by atoms with Gasteiger partial charge in [0.2, 0.25) is 0 Å². The van der Waals surface area contributed by atoms with Crippen molar-refractivity contribution < 1.29 is 14.3 Å². The van der Waals surface area contributed by atoms with Gasteiger partial charge in [0.25, 0.3) is 5.91 Å². The highest BCUT2D eigenvalue weighted by Gasteiger charge is 2.17. The van der Waals surface area contributed by atoms with E-state index in [2.05, 4.69) is 27.2 Å². The van der Waals surface area contributed by atoms with Crippen LogP contribution in [0.2, 0.25) is 0 Å². The van der Waals surface area contributed by atoms with Crippen LogP contribution in [0.1, 0.15) is 23.7 Å². The lowest BCUT2D eigenvalue weighted by atomic mass is 10.2. The maximum absolute atomic E-state index is 12.4. The van der Waals surface area contributed by atoms with Gasteiger partial charge in [0, 0.05) is 38.4 Å². The number of para-hydroxylation sites is 1. The molecule has 2 aromatic rings. The Kier molecular flexibility index (Phi) is 7.76. The van der Waals surface area contributed by atoms with Crippen LogP contribution in [0.5, 0.6) is 11.5 Å². The fourth-order valence-corrected chi connectivity index (χ4v) is 3.56. The first-order valence-corrected chi connectivity index (χ1v) is 10.3. The van der Waals surface area contributed by atoms with Crippen LogP contribution in [0, 0.1) is 0 Å². The maximum Gasteiger partial charge on any atom is 0.255 e.